The van der Waals surface area contributed by atoms with E-state index in [1.165, 1.54) is 19.3 Å². The zero-order valence-electron chi connectivity index (χ0n) is 9.34. The maximum absolute atomic E-state index is 4.40. The lowest BCUT2D eigenvalue weighted by atomic mass is 10.1. The number of hydrogen-bond acceptors (Lipinski definition) is 2. The van der Waals surface area contributed by atoms with Crippen LogP contribution in [0, 0.1) is 0 Å². The molecule has 1 fully saturated rings. The Kier molecular flexibility index (Phi) is 3.61. The molecule has 0 aromatic carbocycles. The first kappa shape index (κ1) is 10.5. The van der Waals surface area contributed by atoms with Crippen LogP contribution in [0.15, 0.2) is 18.7 Å². The number of imidazole rings is 1. The average molecular weight is 207 g/mol. The van der Waals surface area contributed by atoms with Gasteiger partial charge in [0.05, 0.1) is 0 Å². The van der Waals surface area contributed by atoms with E-state index in [0.29, 0.717) is 6.04 Å². The highest BCUT2D eigenvalue weighted by molar-refractivity contribution is 4.97. The average Bonchev–Trinajstić information content (AvgIpc) is 2.80. The first-order valence-corrected chi connectivity index (χ1v) is 5.80. The van der Waals surface area contributed by atoms with Crippen LogP contribution in [-0.4, -0.2) is 35.3 Å². The quantitative estimate of drug-likeness (QED) is 0.738. The molecule has 1 aliphatic rings. The van der Waals surface area contributed by atoms with Gasteiger partial charge in [0.1, 0.15) is 6.33 Å². The topological polar surface area (TPSA) is 35.2 Å². The minimum atomic E-state index is 0.636. The van der Waals surface area contributed by atoms with Gasteiger partial charge in [-0.05, 0) is 19.3 Å². The van der Waals surface area contributed by atoms with Crippen LogP contribution >= 0.6 is 0 Å². The van der Waals surface area contributed by atoms with Crippen LogP contribution in [0.4, 0.5) is 0 Å². The van der Waals surface area contributed by atoms with Gasteiger partial charge in [0.25, 0.3) is 0 Å². The largest absolute Gasteiger partial charge is 0.309 e. The summed E-state index contributed by atoms with van der Waals surface area (Å²) in [5.74, 6) is 0. The Balaban J connectivity index is 2.04. The summed E-state index contributed by atoms with van der Waals surface area (Å²) in [5.41, 5.74) is 0. The van der Waals surface area contributed by atoms with Gasteiger partial charge < -0.3 is 5.01 Å². The van der Waals surface area contributed by atoms with Crippen molar-refractivity contribution in [2.45, 2.75) is 32.2 Å². The normalized spacial score (nSPS) is 17.9. The second kappa shape index (κ2) is 5.16. The summed E-state index contributed by atoms with van der Waals surface area (Å²) in [6.45, 7) is 5.34. The molecule has 2 rings (SSSR count). The van der Waals surface area contributed by atoms with Crippen molar-refractivity contribution in [2.75, 3.05) is 24.6 Å². The molecule has 1 aromatic rings. The summed E-state index contributed by atoms with van der Waals surface area (Å²) in [6.07, 6.45) is 9.29. The molecule has 0 aliphatic carbocycles. The van der Waals surface area contributed by atoms with E-state index in [1.54, 1.807) is 0 Å². The molecule has 1 aliphatic heterocycles. The summed E-state index contributed by atoms with van der Waals surface area (Å²) in [4.78, 5) is 4.12. The van der Waals surface area contributed by atoms with Gasteiger partial charge in [-0.25, -0.2) is 10.3 Å². The van der Waals surface area contributed by atoms with Gasteiger partial charge in [-0.2, -0.15) is 0 Å². The van der Waals surface area contributed by atoms with Crippen LogP contribution in [0.3, 0.4) is 0 Å². The Morgan fingerprint density at radius 3 is 2.80 bits per heavy atom. The van der Waals surface area contributed by atoms with Crippen molar-refractivity contribution in [1.82, 2.24) is 15.0 Å². The second-order valence-electron chi connectivity index (χ2n) is 4.01. The van der Waals surface area contributed by atoms with E-state index >= 15 is 0 Å². The molecular formula is C11H19N4. The molecule has 0 bridgehead atoms. The number of piperidine rings is 1. The van der Waals surface area contributed by atoms with Crippen LogP contribution in [0.2, 0.25) is 0 Å². The fourth-order valence-electron chi connectivity index (χ4n) is 2.15. The van der Waals surface area contributed by atoms with Crippen molar-refractivity contribution in [1.29, 1.82) is 0 Å². The van der Waals surface area contributed by atoms with Gasteiger partial charge in [-0.1, -0.05) is 6.92 Å². The lowest BCUT2D eigenvalue weighted by Crippen LogP contribution is -2.47. The predicted molar refractivity (Wildman–Crippen MR) is 60.5 cm³/mol. The Bertz CT molecular complexity index is 264. The number of nitrogens with zero attached hydrogens (tertiary/aromatic N) is 4. The van der Waals surface area contributed by atoms with E-state index in [0.717, 1.165) is 19.6 Å². The van der Waals surface area contributed by atoms with Crippen molar-refractivity contribution < 1.29 is 0 Å². The number of rotatable bonds is 4. The second-order valence-corrected chi connectivity index (χ2v) is 4.01. The Hall–Kier alpha value is -1.03. The molecule has 4 heteroatoms. The third-order valence-electron chi connectivity index (χ3n) is 2.90. The fraction of sp³-hybridized carbons (Fsp3) is 0.727. The van der Waals surface area contributed by atoms with Gasteiger partial charge in [-0.3, -0.25) is 4.68 Å². The molecule has 4 nitrogen and oxygen atoms in total. The molecule has 0 amide bonds. The number of aromatic nitrogens is 2. The van der Waals surface area contributed by atoms with Gasteiger partial charge in [0, 0.05) is 38.1 Å². The third-order valence-corrected chi connectivity index (χ3v) is 2.90. The van der Waals surface area contributed by atoms with E-state index < -0.39 is 0 Å². The Labute approximate surface area is 91.3 Å². The van der Waals surface area contributed by atoms with E-state index in [2.05, 4.69) is 26.9 Å². The standard InChI is InChI=1S/C11H19N4/c1-2-8-15(14-9-7-13-10-14)11-3-5-12-6-4-11/h7,9-11H,2-6,8H2,1H3. The van der Waals surface area contributed by atoms with Gasteiger partial charge in [0.15, 0.2) is 0 Å². The van der Waals surface area contributed by atoms with Gasteiger partial charge in [-0.15, -0.1) is 0 Å². The number of hydrogen-bond donors (Lipinski definition) is 0. The molecule has 1 saturated heterocycles. The molecule has 0 saturated carbocycles. The van der Waals surface area contributed by atoms with Crippen molar-refractivity contribution >= 4 is 0 Å². The smallest absolute Gasteiger partial charge is 0.114 e. The van der Waals surface area contributed by atoms with E-state index in [1.807, 2.05) is 18.7 Å². The summed E-state index contributed by atoms with van der Waals surface area (Å²) in [5, 5.41) is 6.82. The molecule has 1 radical (unpaired) electrons. The van der Waals surface area contributed by atoms with Crippen molar-refractivity contribution in [3.05, 3.63) is 18.7 Å². The van der Waals surface area contributed by atoms with Crippen molar-refractivity contribution in [2.24, 2.45) is 0 Å². The third kappa shape index (κ3) is 2.50. The first-order chi connectivity index (χ1) is 7.42. The summed E-state index contributed by atoms with van der Waals surface area (Å²) in [7, 11) is 0. The van der Waals surface area contributed by atoms with Crippen LogP contribution in [0.5, 0.6) is 0 Å². The molecule has 1 aromatic heterocycles. The van der Waals surface area contributed by atoms with E-state index in [-0.39, 0.29) is 0 Å². The Morgan fingerprint density at radius 1 is 1.40 bits per heavy atom. The zero-order chi connectivity index (χ0) is 10.5. The van der Waals surface area contributed by atoms with Crippen LogP contribution in [0.25, 0.3) is 0 Å². The SMILES string of the molecule is CCCN(C1CC[N]CC1)n1ccnc1. The zero-order valence-corrected chi connectivity index (χ0v) is 9.34. The van der Waals surface area contributed by atoms with Crippen LogP contribution < -0.4 is 10.3 Å². The lowest BCUT2D eigenvalue weighted by molar-refractivity contribution is 0.369. The molecular weight excluding hydrogens is 188 g/mol. The highest BCUT2D eigenvalue weighted by atomic mass is 15.6. The molecule has 0 unspecified atom stereocenters. The molecule has 83 valence electrons. The van der Waals surface area contributed by atoms with Crippen LogP contribution in [0.1, 0.15) is 26.2 Å². The summed E-state index contributed by atoms with van der Waals surface area (Å²) < 4.78 is 2.12. The van der Waals surface area contributed by atoms with E-state index in [9.17, 15) is 0 Å². The molecule has 0 N–H and O–H groups in total. The maximum atomic E-state index is 4.40. The summed E-state index contributed by atoms with van der Waals surface area (Å²) in [6, 6.07) is 0.636. The first-order valence-electron chi connectivity index (χ1n) is 5.80. The monoisotopic (exact) mass is 207 g/mol. The van der Waals surface area contributed by atoms with Gasteiger partial charge in [0.2, 0.25) is 0 Å². The minimum Gasteiger partial charge on any atom is -0.309 e. The van der Waals surface area contributed by atoms with Crippen molar-refractivity contribution in [3.63, 3.8) is 0 Å². The minimum absolute atomic E-state index is 0.636. The molecule has 0 spiro atoms. The van der Waals surface area contributed by atoms with Crippen molar-refractivity contribution in [3.8, 4) is 0 Å². The predicted octanol–water partition coefficient (Wildman–Crippen LogP) is 0.998. The molecule has 2 heterocycles. The molecule has 15 heavy (non-hydrogen) atoms. The highest BCUT2D eigenvalue weighted by Gasteiger charge is 2.20. The van der Waals surface area contributed by atoms with Gasteiger partial charge >= 0.3 is 0 Å². The maximum Gasteiger partial charge on any atom is 0.114 e. The van der Waals surface area contributed by atoms with E-state index in [4.69, 9.17) is 0 Å². The Morgan fingerprint density at radius 2 is 2.20 bits per heavy atom. The summed E-state index contributed by atoms with van der Waals surface area (Å²) >= 11 is 0. The fourth-order valence-corrected chi connectivity index (χ4v) is 2.15. The lowest BCUT2D eigenvalue weighted by Gasteiger charge is -2.36. The highest BCUT2D eigenvalue weighted by Crippen LogP contribution is 2.11. The molecule has 0 atom stereocenters. The van der Waals surface area contributed by atoms with Crippen LogP contribution in [-0.2, 0) is 0 Å².